The van der Waals surface area contributed by atoms with Crippen LogP contribution in [-0.4, -0.2) is 31.5 Å². The van der Waals surface area contributed by atoms with Crippen LogP contribution < -0.4 is 5.32 Å². The molecule has 1 N–H and O–H groups in total. The molecule has 24 heavy (non-hydrogen) atoms. The smallest absolute Gasteiger partial charge is 0.254 e. The number of rotatable bonds is 3. The maximum absolute atomic E-state index is 12.6. The van der Waals surface area contributed by atoms with Crippen molar-refractivity contribution in [2.45, 2.75) is 32.4 Å². The predicted molar refractivity (Wildman–Crippen MR) is 90.1 cm³/mol. The van der Waals surface area contributed by atoms with Crippen LogP contribution in [0.2, 0.25) is 0 Å². The molecule has 122 valence electrons. The van der Waals surface area contributed by atoms with Crippen LogP contribution in [0.15, 0.2) is 48.8 Å². The Hall–Kier alpha value is -2.89. The van der Waals surface area contributed by atoms with Gasteiger partial charge >= 0.3 is 0 Å². The van der Waals surface area contributed by atoms with Crippen molar-refractivity contribution in [3.63, 3.8) is 0 Å². The quantitative estimate of drug-likeness (QED) is 0.803. The second-order valence-electron chi connectivity index (χ2n) is 6.10. The monoisotopic (exact) mass is 321 g/mol. The molecule has 3 aromatic rings. The lowest BCUT2D eigenvalue weighted by Gasteiger charge is -2.24. The molecule has 3 heterocycles. The molecule has 0 bridgehead atoms. The van der Waals surface area contributed by atoms with Gasteiger partial charge in [0, 0.05) is 30.9 Å². The highest BCUT2D eigenvalue weighted by Gasteiger charge is 2.23. The molecule has 6 nitrogen and oxygen atoms in total. The minimum absolute atomic E-state index is 0.0624. The molecular weight excluding hydrogens is 302 g/mol. The van der Waals surface area contributed by atoms with Crippen molar-refractivity contribution >= 4 is 5.91 Å². The zero-order chi connectivity index (χ0) is 16.5. The number of carbonyl (C=O) groups is 1. The number of para-hydroxylation sites is 1. The van der Waals surface area contributed by atoms with Gasteiger partial charge in [-0.05, 0) is 31.5 Å². The van der Waals surface area contributed by atoms with E-state index in [1.807, 2.05) is 54.2 Å². The molecule has 1 atom stereocenters. The first-order chi connectivity index (χ1) is 11.7. The lowest BCUT2D eigenvalue weighted by atomic mass is 10.0. The summed E-state index contributed by atoms with van der Waals surface area (Å²) in [6.45, 7) is 2.76. The second-order valence-corrected chi connectivity index (χ2v) is 6.10. The minimum atomic E-state index is -0.0624. The average molecular weight is 321 g/mol. The van der Waals surface area contributed by atoms with Crippen LogP contribution in [0.4, 0.5) is 0 Å². The van der Waals surface area contributed by atoms with E-state index < -0.39 is 0 Å². The van der Waals surface area contributed by atoms with Gasteiger partial charge in [0.2, 0.25) is 0 Å². The number of amides is 1. The summed E-state index contributed by atoms with van der Waals surface area (Å²) in [6.07, 6.45) is 5.17. The van der Waals surface area contributed by atoms with Gasteiger partial charge < -0.3 is 5.32 Å². The minimum Gasteiger partial charge on any atom is -0.349 e. The molecule has 6 heteroatoms. The van der Waals surface area contributed by atoms with Crippen molar-refractivity contribution < 1.29 is 4.79 Å². The molecule has 1 amide bonds. The third-order valence-corrected chi connectivity index (χ3v) is 4.54. The topological polar surface area (TPSA) is 64.7 Å². The van der Waals surface area contributed by atoms with Crippen LogP contribution in [0.25, 0.3) is 5.69 Å². The number of hydrogen-bond acceptors (Lipinski definition) is 3. The zero-order valence-corrected chi connectivity index (χ0v) is 13.5. The van der Waals surface area contributed by atoms with E-state index in [0.29, 0.717) is 5.56 Å². The van der Waals surface area contributed by atoms with E-state index in [-0.39, 0.29) is 11.9 Å². The summed E-state index contributed by atoms with van der Waals surface area (Å²) in [5.41, 5.74) is 3.59. The van der Waals surface area contributed by atoms with Crippen molar-refractivity contribution in [3.8, 4) is 5.69 Å². The third kappa shape index (κ3) is 2.60. The second kappa shape index (κ2) is 5.96. The lowest BCUT2D eigenvalue weighted by molar-refractivity contribution is 0.0929. The Bertz CT molecular complexity index is 865. The molecule has 0 spiro atoms. The summed E-state index contributed by atoms with van der Waals surface area (Å²) in [5, 5.41) is 11.8. The fourth-order valence-corrected chi connectivity index (χ4v) is 3.22. The Morgan fingerprint density at radius 1 is 1.21 bits per heavy atom. The van der Waals surface area contributed by atoms with Crippen LogP contribution in [0, 0.1) is 6.92 Å². The maximum Gasteiger partial charge on any atom is 0.254 e. The van der Waals surface area contributed by atoms with Crippen molar-refractivity contribution in [1.82, 2.24) is 24.9 Å². The van der Waals surface area contributed by atoms with E-state index in [1.165, 1.54) is 5.69 Å². The Balaban J connectivity index is 1.51. The number of hydrogen-bond donors (Lipinski definition) is 1. The predicted octanol–water partition coefficient (Wildman–Crippen LogP) is 2.12. The van der Waals surface area contributed by atoms with Crippen molar-refractivity contribution in [2.75, 3.05) is 0 Å². The van der Waals surface area contributed by atoms with Gasteiger partial charge in [0.15, 0.2) is 0 Å². The first-order valence-corrected chi connectivity index (χ1v) is 8.14. The van der Waals surface area contributed by atoms with Gasteiger partial charge in [-0.1, -0.05) is 18.2 Å². The van der Waals surface area contributed by atoms with Crippen LogP contribution >= 0.6 is 0 Å². The highest BCUT2D eigenvalue weighted by atomic mass is 16.1. The van der Waals surface area contributed by atoms with Crippen LogP contribution in [-0.2, 0) is 13.0 Å². The van der Waals surface area contributed by atoms with Crippen molar-refractivity contribution in [3.05, 3.63) is 65.7 Å². The van der Waals surface area contributed by atoms with Gasteiger partial charge in [-0.15, -0.1) is 0 Å². The molecule has 0 radical (unpaired) electrons. The molecule has 4 rings (SSSR count). The summed E-state index contributed by atoms with van der Waals surface area (Å²) in [6, 6.07) is 12.0. The molecule has 1 aromatic carbocycles. The molecule has 1 aliphatic heterocycles. The van der Waals surface area contributed by atoms with Crippen molar-refractivity contribution in [1.29, 1.82) is 0 Å². The summed E-state index contributed by atoms with van der Waals surface area (Å²) in [4.78, 5) is 12.6. The van der Waals surface area contributed by atoms with Gasteiger partial charge in [0.1, 0.15) is 0 Å². The SMILES string of the molecule is Cc1c(C(=O)NC2CCn3nccc3C2)cnn1-c1ccccc1. The van der Waals surface area contributed by atoms with E-state index in [2.05, 4.69) is 15.5 Å². The average Bonchev–Trinajstić information content (AvgIpc) is 3.21. The van der Waals surface area contributed by atoms with Crippen LogP contribution in [0.1, 0.15) is 28.2 Å². The van der Waals surface area contributed by atoms with Gasteiger partial charge in [-0.25, -0.2) is 4.68 Å². The number of nitrogens with one attached hydrogen (secondary N) is 1. The highest BCUT2D eigenvalue weighted by molar-refractivity contribution is 5.95. The normalized spacial score (nSPS) is 16.6. The molecular formula is C18H19N5O. The number of aromatic nitrogens is 4. The van der Waals surface area contributed by atoms with E-state index in [1.54, 1.807) is 10.9 Å². The Labute approximate surface area is 140 Å². The largest absolute Gasteiger partial charge is 0.349 e. The third-order valence-electron chi connectivity index (χ3n) is 4.54. The van der Waals surface area contributed by atoms with Gasteiger partial charge in [0.25, 0.3) is 5.91 Å². The molecule has 0 saturated heterocycles. The standard InChI is InChI=1S/C18H19N5O/c1-13-17(12-20-23(13)15-5-3-2-4-6-15)18(24)21-14-8-10-22-16(11-14)7-9-19-22/h2-7,9,12,14H,8,10-11H2,1H3,(H,21,24). The number of fused-ring (bicyclic) bond motifs is 1. The number of aryl methyl sites for hydroxylation is 1. The van der Waals surface area contributed by atoms with Crippen LogP contribution in [0.5, 0.6) is 0 Å². The molecule has 0 fully saturated rings. The Kier molecular flexibility index (Phi) is 3.65. The van der Waals surface area contributed by atoms with Crippen LogP contribution in [0.3, 0.4) is 0 Å². The lowest BCUT2D eigenvalue weighted by Crippen LogP contribution is -2.40. The fourth-order valence-electron chi connectivity index (χ4n) is 3.22. The first kappa shape index (κ1) is 14.7. The number of benzene rings is 1. The fraction of sp³-hybridized carbons (Fsp3) is 0.278. The summed E-state index contributed by atoms with van der Waals surface area (Å²) in [7, 11) is 0. The first-order valence-electron chi connectivity index (χ1n) is 8.14. The van der Waals surface area contributed by atoms with Gasteiger partial charge in [-0.2, -0.15) is 10.2 Å². The molecule has 1 unspecified atom stereocenters. The Morgan fingerprint density at radius 3 is 2.88 bits per heavy atom. The molecule has 1 aliphatic rings. The Morgan fingerprint density at radius 2 is 2.04 bits per heavy atom. The molecule has 2 aromatic heterocycles. The van der Waals surface area contributed by atoms with E-state index in [4.69, 9.17) is 0 Å². The summed E-state index contributed by atoms with van der Waals surface area (Å²) in [5.74, 6) is -0.0624. The number of nitrogens with zero attached hydrogens (tertiary/aromatic N) is 4. The van der Waals surface area contributed by atoms with Crippen molar-refractivity contribution in [2.24, 2.45) is 0 Å². The molecule has 0 saturated carbocycles. The van der Waals surface area contributed by atoms with E-state index in [9.17, 15) is 4.79 Å². The molecule has 0 aliphatic carbocycles. The maximum atomic E-state index is 12.6. The summed E-state index contributed by atoms with van der Waals surface area (Å²) < 4.78 is 3.80. The zero-order valence-electron chi connectivity index (χ0n) is 13.5. The number of carbonyl (C=O) groups excluding carboxylic acids is 1. The van der Waals surface area contributed by atoms with E-state index >= 15 is 0 Å². The van der Waals surface area contributed by atoms with Gasteiger partial charge in [0.05, 0.1) is 23.1 Å². The van der Waals surface area contributed by atoms with E-state index in [0.717, 1.165) is 30.8 Å². The van der Waals surface area contributed by atoms with Gasteiger partial charge in [-0.3, -0.25) is 9.48 Å². The summed E-state index contributed by atoms with van der Waals surface area (Å²) >= 11 is 0. The highest BCUT2D eigenvalue weighted by Crippen LogP contribution is 2.17.